The zero-order valence-corrected chi connectivity index (χ0v) is 13.6. The molecule has 0 aliphatic rings. The molecule has 0 atom stereocenters. The van der Waals surface area contributed by atoms with Crippen molar-refractivity contribution in [1.82, 2.24) is 9.29 Å². The monoisotopic (exact) mass is 326 g/mol. The van der Waals surface area contributed by atoms with Gasteiger partial charge >= 0.3 is 0 Å². The van der Waals surface area contributed by atoms with Gasteiger partial charge in [0.25, 0.3) is 10.0 Å². The Kier molecular flexibility index (Phi) is 5.10. The molecule has 0 amide bonds. The molecule has 0 fully saturated rings. The summed E-state index contributed by atoms with van der Waals surface area (Å²) in [6.45, 7) is 2.07. The van der Waals surface area contributed by atoms with Crippen LogP contribution in [-0.2, 0) is 23.1 Å². The highest BCUT2D eigenvalue weighted by atomic mass is 32.2. The maximum Gasteiger partial charge on any atom is 0.252 e. The van der Waals surface area contributed by atoms with Crippen molar-refractivity contribution in [3.8, 4) is 0 Å². The van der Waals surface area contributed by atoms with Crippen LogP contribution >= 0.6 is 11.3 Å². The van der Waals surface area contributed by atoms with Gasteiger partial charge in [-0.1, -0.05) is 0 Å². The van der Waals surface area contributed by atoms with Crippen molar-refractivity contribution in [2.45, 2.75) is 24.2 Å². The standard InChI is InChI=1S/C14H18N2O3S2/c1-11-9-14(20-13(11)10-17)21(18,19)16(2)8-5-12-3-6-15-7-4-12/h3-4,6-7,9,17H,5,8,10H2,1-2H3. The van der Waals surface area contributed by atoms with E-state index >= 15 is 0 Å². The van der Waals surface area contributed by atoms with Crippen molar-refractivity contribution in [2.75, 3.05) is 13.6 Å². The minimum Gasteiger partial charge on any atom is -0.391 e. The molecule has 0 aliphatic heterocycles. The number of sulfonamides is 1. The van der Waals surface area contributed by atoms with E-state index in [1.54, 1.807) is 32.4 Å². The van der Waals surface area contributed by atoms with Crippen LogP contribution < -0.4 is 0 Å². The molecular formula is C14H18N2O3S2. The van der Waals surface area contributed by atoms with Gasteiger partial charge in [-0.2, -0.15) is 4.31 Å². The molecular weight excluding hydrogens is 308 g/mol. The highest BCUT2D eigenvalue weighted by Crippen LogP contribution is 2.28. The van der Waals surface area contributed by atoms with E-state index in [9.17, 15) is 13.5 Å². The molecule has 21 heavy (non-hydrogen) atoms. The number of nitrogens with zero attached hydrogens (tertiary/aromatic N) is 2. The summed E-state index contributed by atoms with van der Waals surface area (Å²) >= 11 is 1.13. The zero-order valence-electron chi connectivity index (χ0n) is 12.0. The second-order valence-corrected chi connectivity index (χ2v) is 8.17. The van der Waals surface area contributed by atoms with Gasteiger partial charge < -0.3 is 5.11 Å². The number of pyridine rings is 1. The number of likely N-dealkylation sites (N-methyl/N-ethyl adjacent to an activating group) is 1. The lowest BCUT2D eigenvalue weighted by molar-refractivity contribution is 0.285. The fourth-order valence-electron chi connectivity index (χ4n) is 1.88. The van der Waals surface area contributed by atoms with Crippen molar-refractivity contribution in [1.29, 1.82) is 0 Å². The maximum atomic E-state index is 12.5. The summed E-state index contributed by atoms with van der Waals surface area (Å²) in [5, 5.41) is 9.18. The molecule has 0 spiro atoms. The van der Waals surface area contributed by atoms with Gasteiger partial charge in [-0.25, -0.2) is 8.42 Å². The molecule has 0 aromatic carbocycles. The quantitative estimate of drug-likeness (QED) is 0.879. The third-order valence-electron chi connectivity index (χ3n) is 3.27. The highest BCUT2D eigenvalue weighted by Gasteiger charge is 2.23. The molecule has 5 nitrogen and oxygen atoms in total. The summed E-state index contributed by atoms with van der Waals surface area (Å²) in [6.07, 6.45) is 4.02. The first kappa shape index (κ1) is 16.1. The number of hydrogen-bond acceptors (Lipinski definition) is 5. The minimum atomic E-state index is -3.50. The van der Waals surface area contributed by atoms with Gasteiger partial charge in [0, 0.05) is 30.9 Å². The molecule has 2 aromatic rings. The van der Waals surface area contributed by atoms with Crippen molar-refractivity contribution in [3.05, 3.63) is 46.6 Å². The number of aliphatic hydroxyl groups is 1. The molecule has 2 heterocycles. The molecule has 0 unspecified atom stereocenters. The molecule has 0 saturated carbocycles. The highest BCUT2D eigenvalue weighted by molar-refractivity contribution is 7.91. The summed E-state index contributed by atoms with van der Waals surface area (Å²) < 4.78 is 26.6. The van der Waals surface area contributed by atoms with Crippen LogP contribution in [0.1, 0.15) is 16.0 Å². The number of aromatic nitrogens is 1. The number of thiophene rings is 1. The van der Waals surface area contributed by atoms with E-state index in [-0.39, 0.29) is 10.8 Å². The van der Waals surface area contributed by atoms with Gasteiger partial charge in [-0.15, -0.1) is 11.3 Å². The summed E-state index contributed by atoms with van der Waals surface area (Å²) in [7, 11) is -1.92. The summed E-state index contributed by atoms with van der Waals surface area (Å²) in [4.78, 5) is 4.63. The Morgan fingerprint density at radius 2 is 2.00 bits per heavy atom. The molecule has 0 radical (unpaired) electrons. The lowest BCUT2D eigenvalue weighted by atomic mass is 10.2. The van der Waals surface area contributed by atoms with Gasteiger partial charge in [-0.05, 0) is 42.7 Å². The SMILES string of the molecule is Cc1cc(S(=O)(=O)N(C)CCc2ccncc2)sc1CO. The number of rotatable bonds is 6. The maximum absolute atomic E-state index is 12.5. The molecule has 2 rings (SSSR count). The zero-order chi connectivity index (χ0) is 15.5. The van der Waals surface area contributed by atoms with E-state index < -0.39 is 10.0 Å². The van der Waals surface area contributed by atoms with Crippen LogP contribution in [0.25, 0.3) is 0 Å². The number of aryl methyl sites for hydroxylation is 1. The van der Waals surface area contributed by atoms with Crippen LogP contribution in [0.2, 0.25) is 0 Å². The van der Waals surface area contributed by atoms with E-state index in [1.165, 1.54) is 4.31 Å². The Bertz CT molecular complexity index is 696. The molecule has 1 N–H and O–H groups in total. The normalized spacial score (nSPS) is 12.0. The van der Waals surface area contributed by atoms with Crippen molar-refractivity contribution in [3.63, 3.8) is 0 Å². The third-order valence-corrected chi connectivity index (χ3v) is 6.80. The van der Waals surface area contributed by atoms with Crippen molar-refractivity contribution >= 4 is 21.4 Å². The first-order valence-electron chi connectivity index (χ1n) is 6.50. The third kappa shape index (κ3) is 3.68. The second-order valence-electron chi connectivity index (χ2n) is 4.76. The largest absolute Gasteiger partial charge is 0.391 e. The predicted octanol–water partition coefficient (Wildman–Crippen LogP) is 1.81. The molecule has 0 aliphatic carbocycles. The Morgan fingerprint density at radius 1 is 1.33 bits per heavy atom. The Morgan fingerprint density at radius 3 is 2.57 bits per heavy atom. The van der Waals surface area contributed by atoms with E-state index in [4.69, 9.17) is 0 Å². The van der Waals surface area contributed by atoms with Gasteiger partial charge in [0.2, 0.25) is 0 Å². The Balaban J connectivity index is 2.11. The minimum absolute atomic E-state index is 0.132. The van der Waals surface area contributed by atoms with Gasteiger partial charge in [-0.3, -0.25) is 4.98 Å². The van der Waals surface area contributed by atoms with Gasteiger partial charge in [0.15, 0.2) is 0 Å². The lowest BCUT2D eigenvalue weighted by Gasteiger charge is -2.15. The molecule has 0 bridgehead atoms. The van der Waals surface area contributed by atoms with Crippen LogP contribution in [0.5, 0.6) is 0 Å². The van der Waals surface area contributed by atoms with E-state index in [1.807, 2.05) is 12.1 Å². The van der Waals surface area contributed by atoms with Crippen LogP contribution in [0.4, 0.5) is 0 Å². The van der Waals surface area contributed by atoms with E-state index in [2.05, 4.69) is 4.98 Å². The Hall–Kier alpha value is -1.28. The number of aliphatic hydroxyl groups excluding tert-OH is 1. The van der Waals surface area contributed by atoms with Crippen molar-refractivity contribution in [2.24, 2.45) is 0 Å². The molecule has 2 aromatic heterocycles. The van der Waals surface area contributed by atoms with E-state index in [0.29, 0.717) is 17.8 Å². The fourth-order valence-corrected chi connectivity index (χ4v) is 4.71. The first-order valence-corrected chi connectivity index (χ1v) is 8.76. The van der Waals surface area contributed by atoms with Gasteiger partial charge in [0.05, 0.1) is 6.61 Å². The molecule has 114 valence electrons. The summed E-state index contributed by atoms with van der Waals surface area (Å²) in [5.41, 5.74) is 1.86. The summed E-state index contributed by atoms with van der Waals surface area (Å²) in [5.74, 6) is 0. The molecule has 0 saturated heterocycles. The fraction of sp³-hybridized carbons (Fsp3) is 0.357. The van der Waals surface area contributed by atoms with Crippen LogP contribution in [-0.4, -0.2) is 36.4 Å². The van der Waals surface area contributed by atoms with Crippen LogP contribution in [0.15, 0.2) is 34.8 Å². The topological polar surface area (TPSA) is 70.5 Å². The number of hydrogen-bond donors (Lipinski definition) is 1. The Labute approximate surface area is 128 Å². The first-order chi connectivity index (χ1) is 9.95. The van der Waals surface area contributed by atoms with E-state index in [0.717, 1.165) is 22.5 Å². The second kappa shape index (κ2) is 6.65. The van der Waals surface area contributed by atoms with Crippen molar-refractivity contribution < 1.29 is 13.5 Å². The molecule has 7 heteroatoms. The van der Waals surface area contributed by atoms with Crippen LogP contribution in [0, 0.1) is 6.92 Å². The lowest BCUT2D eigenvalue weighted by Crippen LogP contribution is -2.28. The van der Waals surface area contributed by atoms with Gasteiger partial charge in [0.1, 0.15) is 4.21 Å². The average Bonchev–Trinajstić information content (AvgIpc) is 2.87. The summed E-state index contributed by atoms with van der Waals surface area (Å²) in [6, 6.07) is 5.37. The average molecular weight is 326 g/mol. The predicted molar refractivity (Wildman–Crippen MR) is 82.7 cm³/mol. The van der Waals surface area contributed by atoms with Crippen LogP contribution in [0.3, 0.4) is 0 Å². The smallest absolute Gasteiger partial charge is 0.252 e.